The molecule has 2 unspecified atom stereocenters. The van der Waals surface area contributed by atoms with Crippen LogP contribution in [0.5, 0.6) is 0 Å². The maximum Gasteiger partial charge on any atom is 0.270 e. The van der Waals surface area contributed by atoms with E-state index in [9.17, 15) is 25.1 Å². The normalized spacial score (nSPS) is 13.8. The van der Waals surface area contributed by atoms with E-state index >= 15 is 0 Å². The molecule has 1 aromatic rings. The number of nitrogens with zero attached hydrogens (tertiary/aromatic N) is 1. The highest BCUT2D eigenvalue weighted by molar-refractivity contribution is 9.09. The van der Waals surface area contributed by atoms with Crippen molar-refractivity contribution in [1.82, 2.24) is 0 Å². The number of carbonyl (C=O) groups excluding carboxylic acids is 1. The van der Waals surface area contributed by atoms with Crippen LogP contribution in [0.3, 0.4) is 0 Å². The van der Waals surface area contributed by atoms with Crippen molar-refractivity contribution in [2.24, 2.45) is 5.73 Å². The molecular formula is C11H13BrN2O5. The first-order valence-corrected chi connectivity index (χ1v) is 6.50. The van der Waals surface area contributed by atoms with Crippen LogP contribution in [0.15, 0.2) is 18.2 Å². The van der Waals surface area contributed by atoms with Crippen molar-refractivity contribution in [2.45, 2.75) is 18.6 Å². The zero-order valence-corrected chi connectivity index (χ0v) is 11.4. The van der Waals surface area contributed by atoms with Gasteiger partial charge in [0.2, 0.25) is 5.91 Å². The number of alkyl halides is 1. The van der Waals surface area contributed by atoms with Crippen molar-refractivity contribution in [1.29, 1.82) is 0 Å². The van der Waals surface area contributed by atoms with Crippen LogP contribution in [0.25, 0.3) is 0 Å². The highest BCUT2D eigenvalue weighted by Crippen LogP contribution is 2.25. The Kier molecular flexibility index (Phi) is 5.40. The first-order chi connectivity index (χ1) is 8.86. The van der Waals surface area contributed by atoms with E-state index in [0.717, 1.165) is 12.1 Å². The lowest BCUT2D eigenvalue weighted by Crippen LogP contribution is -2.20. The summed E-state index contributed by atoms with van der Waals surface area (Å²) in [7, 11) is 0. The zero-order valence-electron chi connectivity index (χ0n) is 9.82. The molecule has 1 rings (SSSR count). The molecule has 0 spiro atoms. The SMILES string of the molecule is NC(=O)c1cc(C(O)C(O)CCBr)cc([N+](=O)[O-])c1. The second kappa shape index (κ2) is 6.60. The quantitative estimate of drug-likeness (QED) is 0.404. The summed E-state index contributed by atoms with van der Waals surface area (Å²) in [5.41, 5.74) is 4.70. The summed E-state index contributed by atoms with van der Waals surface area (Å²) in [6.45, 7) is 0. The second-order valence-corrected chi connectivity index (χ2v) is 4.72. The summed E-state index contributed by atoms with van der Waals surface area (Å²) in [6, 6.07) is 3.36. The lowest BCUT2D eigenvalue weighted by atomic mass is 9.99. The van der Waals surface area contributed by atoms with E-state index in [1.54, 1.807) is 0 Å². The molecule has 0 heterocycles. The molecular weight excluding hydrogens is 320 g/mol. The van der Waals surface area contributed by atoms with Gasteiger partial charge in [-0.1, -0.05) is 15.9 Å². The number of hydrogen-bond acceptors (Lipinski definition) is 5. The van der Waals surface area contributed by atoms with Gasteiger partial charge in [-0.25, -0.2) is 0 Å². The van der Waals surface area contributed by atoms with Crippen LogP contribution in [0, 0.1) is 10.1 Å². The minimum Gasteiger partial charge on any atom is -0.390 e. The molecule has 8 heteroatoms. The molecule has 0 aliphatic rings. The minimum absolute atomic E-state index is 0.0800. The summed E-state index contributed by atoms with van der Waals surface area (Å²) < 4.78 is 0. The summed E-state index contributed by atoms with van der Waals surface area (Å²) in [5.74, 6) is -0.841. The van der Waals surface area contributed by atoms with Crippen molar-refractivity contribution >= 4 is 27.5 Å². The zero-order chi connectivity index (χ0) is 14.6. The van der Waals surface area contributed by atoms with Gasteiger partial charge in [-0.3, -0.25) is 14.9 Å². The number of nitro groups is 1. The molecule has 4 N–H and O–H groups in total. The summed E-state index contributed by atoms with van der Waals surface area (Å²) in [4.78, 5) is 21.1. The van der Waals surface area contributed by atoms with Crippen LogP contribution >= 0.6 is 15.9 Å². The monoisotopic (exact) mass is 332 g/mol. The van der Waals surface area contributed by atoms with Crippen molar-refractivity contribution in [3.63, 3.8) is 0 Å². The van der Waals surface area contributed by atoms with Crippen molar-refractivity contribution in [3.05, 3.63) is 39.4 Å². The van der Waals surface area contributed by atoms with Crippen LogP contribution < -0.4 is 5.73 Å². The molecule has 0 aromatic heterocycles. The molecule has 0 radical (unpaired) electrons. The molecule has 1 aromatic carbocycles. The molecule has 0 bridgehead atoms. The topological polar surface area (TPSA) is 127 Å². The molecule has 0 saturated heterocycles. The van der Waals surface area contributed by atoms with E-state index in [-0.39, 0.29) is 23.2 Å². The lowest BCUT2D eigenvalue weighted by molar-refractivity contribution is -0.385. The standard InChI is InChI=1S/C11H13BrN2O5/c12-2-1-9(15)10(16)6-3-7(11(13)17)5-8(4-6)14(18)19/h3-5,9-10,15-16H,1-2H2,(H2,13,17). The Morgan fingerprint density at radius 3 is 2.53 bits per heavy atom. The van der Waals surface area contributed by atoms with Crippen LogP contribution in [-0.4, -0.2) is 32.5 Å². The fourth-order valence-corrected chi connectivity index (χ4v) is 2.01. The fourth-order valence-electron chi connectivity index (χ4n) is 1.54. The second-order valence-electron chi connectivity index (χ2n) is 3.92. The van der Waals surface area contributed by atoms with E-state index in [4.69, 9.17) is 5.73 Å². The Morgan fingerprint density at radius 2 is 2.05 bits per heavy atom. The van der Waals surface area contributed by atoms with Gasteiger partial charge >= 0.3 is 0 Å². The predicted molar refractivity (Wildman–Crippen MR) is 71.0 cm³/mol. The maximum absolute atomic E-state index is 11.1. The number of nitro benzene ring substituents is 1. The van der Waals surface area contributed by atoms with Gasteiger partial charge in [0.05, 0.1) is 11.0 Å². The number of hydrogen-bond donors (Lipinski definition) is 3. The molecule has 2 atom stereocenters. The number of rotatable bonds is 6. The van der Waals surface area contributed by atoms with E-state index < -0.39 is 23.0 Å². The highest BCUT2D eigenvalue weighted by Gasteiger charge is 2.22. The molecule has 0 aliphatic heterocycles. The van der Waals surface area contributed by atoms with Gasteiger partial charge in [0, 0.05) is 23.0 Å². The molecule has 104 valence electrons. The van der Waals surface area contributed by atoms with Crippen molar-refractivity contribution in [2.75, 3.05) is 5.33 Å². The van der Waals surface area contributed by atoms with Crippen LogP contribution in [0.1, 0.15) is 28.4 Å². The van der Waals surface area contributed by atoms with Crippen molar-refractivity contribution < 1.29 is 19.9 Å². The molecule has 1 amide bonds. The molecule has 0 aliphatic carbocycles. The third kappa shape index (κ3) is 3.98. The largest absolute Gasteiger partial charge is 0.390 e. The van der Waals surface area contributed by atoms with Crippen LogP contribution in [-0.2, 0) is 0 Å². The number of primary amides is 1. The van der Waals surface area contributed by atoms with Crippen LogP contribution in [0.4, 0.5) is 5.69 Å². The predicted octanol–water partition coefficient (Wildman–Crippen LogP) is 0.873. The minimum atomic E-state index is -1.32. The van der Waals surface area contributed by atoms with Gasteiger partial charge < -0.3 is 15.9 Å². The molecule has 19 heavy (non-hydrogen) atoms. The van der Waals surface area contributed by atoms with Gasteiger partial charge in [0.15, 0.2) is 0 Å². The average molecular weight is 333 g/mol. The maximum atomic E-state index is 11.1. The third-order valence-electron chi connectivity index (χ3n) is 2.55. The summed E-state index contributed by atoms with van der Waals surface area (Å²) in [5, 5.41) is 30.8. The van der Waals surface area contributed by atoms with E-state index in [1.165, 1.54) is 6.07 Å². The number of carbonyl (C=O) groups is 1. The van der Waals surface area contributed by atoms with Gasteiger partial charge in [-0.15, -0.1) is 0 Å². The van der Waals surface area contributed by atoms with E-state index in [0.29, 0.717) is 5.33 Å². The molecule has 0 fully saturated rings. The first-order valence-electron chi connectivity index (χ1n) is 5.38. The Balaban J connectivity index is 3.19. The lowest BCUT2D eigenvalue weighted by Gasteiger charge is -2.17. The number of aliphatic hydroxyl groups excluding tert-OH is 2. The summed E-state index contributed by atoms with van der Waals surface area (Å²) >= 11 is 3.11. The molecule has 0 saturated carbocycles. The average Bonchev–Trinajstić information content (AvgIpc) is 2.37. The Bertz CT molecular complexity index is 462. The molecule has 7 nitrogen and oxygen atoms in total. The van der Waals surface area contributed by atoms with Gasteiger partial charge in [0.1, 0.15) is 6.10 Å². The third-order valence-corrected chi connectivity index (χ3v) is 3.00. The number of amides is 1. The Hall–Kier alpha value is -1.51. The highest BCUT2D eigenvalue weighted by atomic mass is 79.9. The number of aliphatic hydroxyl groups is 2. The van der Waals surface area contributed by atoms with E-state index in [1.807, 2.05) is 0 Å². The number of benzene rings is 1. The number of halogens is 1. The van der Waals surface area contributed by atoms with Crippen LogP contribution in [0.2, 0.25) is 0 Å². The fraction of sp³-hybridized carbons (Fsp3) is 0.364. The number of nitrogens with two attached hydrogens (primary N) is 1. The van der Waals surface area contributed by atoms with Gasteiger partial charge in [-0.2, -0.15) is 0 Å². The summed E-state index contributed by atoms with van der Waals surface area (Å²) in [6.07, 6.45) is -2.16. The van der Waals surface area contributed by atoms with Gasteiger partial charge in [-0.05, 0) is 18.1 Å². The Labute approximate surface area is 117 Å². The van der Waals surface area contributed by atoms with Gasteiger partial charge in [0.25, 0.3) is 5.69 Å². The Morgan fingerprint density at radius 1 is 1.42 bits per heavy atom. The van der Waals surface area contributed by atoms with E-state index in [2.05, 4.69) is 15.9 Å². The smallest absolute Gasteiger partial charge is 0.270 e. The first kappa shape index (κ1) is 15.5. The van der Waals surface area contributed by atoms with Crippen molar-refractivity contribution in [3.8, 4) is 0 Å². The number of non-ortho nitro benzene ring substituents is 1.